The zero-order valence-electron chi connectivity index (χ0n) is 17.3. The lowest BCUT2D eigenvalue weighted by Crippen LogP contribution is -2.44. The molecule has 1 fully saturated rings. The smallest absolute Gasteiger partial charge is 0.244 e. The zero-order chi connectivity index (χ0) is 20.4. The highest BCUT2D eigenvalue weighted by molar-refractivity contribution is 5.88. The van der Waals surface area contributed by atoms with Gasteiger partial charge in [0, 0.05) is 33.7 Å². The highest BCUT2D eigenvalue weighted by Gasteiger charge is 2.22. The van der Waals surface area contributed by atoms with Crippen molar-refractivity contribution in [3.8, 4) is 0 Å². The van der Waals surface area contributed by atoms with Crippen LogP contribution in [0, 0.1) is 5.92 Å². The van der Waals surface area contributed by atoms with E-state index >= 15 is 0 Å². The number of likely N-dealkylation sites (N-methyl/N-ethyl adjacent to an activating group) is 1. The number of nitrogens with zero attached hydrogens (tertiary/aromatic N) is 3. The molecule has 1 aliphatic heterocycles. The minimum absolute atomic E-state index is 0.0364. The van der Waals surface area contributed by atoms with Crippen LogP contribution < -0.4 is 10.6 Å². The summed E-state index contributed by atoms with van der Waals surface area (Å²) in [5.41, 5.74) is 1.37. The molecule has 2 rings (SSSR count). The van der Waals surface area contributed by atoms with Crippen molar-refractivity contribution in [2.24, 2.45) is 10.9 Å². The van der Waals surface area contributed by atoms with Gasteiger partial charge in [-0.25, -0.2) is 4.99 Å². The predicted molar refractivity (Wildman–Crippen MR) is 112 cm³/mol. The van der Waals surface area contributed by atoms with Crippen molar-refractivity contribution >= 4 is 17.8 Å². The van der Waals surface area contributed by atoms with E-state index in [2.05, 4.69) is 39.9 Å². The fourth-order valence-electron chi connectivity index (χ4n) is 3.24. The molecule has 0 saturated carbocycles. The van der Waals surface area contributed by atoms with E-state index in [1.165, 1.54) is 10.5 Å². The molecular formula is C21H33N5O2. The van der Waals surface area contributed by atoms with E-state index in [1.807, 2.05) is 17.9 Å². The van der Waals surface area contributed by atoms with Crippen LogP contribution in [0.3, 0.4) is 0 Å². The average Bonchev–Trinajstić information content (AvgIpc) is 2.70. The van der Waals surface area contributed by atoms with E-state index in [1.54, 1.807) is 14.1 Å². The molecule has 1 aromatic rings. The van der Waals surface area contributed by atoms with Crippen molar-refractivity contribution in [1.82, 2.24) is 20.4 Å². The van der Waals surface area contributed by atoms with E-state index in [-0.39, 0.29) is 24.9 Å². The number of nitrogens with one attached hydrogen (secondary N) is 2. The van der Waals surface area contributed by atoms with E-state index in [0.29, 0.717) is 18.4 Å². The van der Waals surface area contributed by atoms with Crippen LogP contribution in [0.25, 0.3) is 0 Å². The van der Waals surface area contributed by atoms with Crippen molar-refractivity contribution in [1.29, 1.82) is 0 Å². The van der Waals surface area contributed by atoms with Crippen molar-refractivity contribution in [3.63, 3.8) is 0 Å². The second-order valence-corrected chi connectivity index (χ2v) is 7.35. The molecule has 7 nitrogen and oxygen atoms in total. The Morgan fingerprint density at radius 2 is 1.82 bits per heavy atom. The summed E-state index contributed by atoms with van der Waals surface area (Å²) in [6.07, 6.45) is 3.13. The fraction of sp³-hybridized carbons (Fsp3) is 0.571. The first-order valence-electron chi connectivity index (χ1n) is 10.0. The normalized spacial score (nSPS) is 15.2. The Hall–Kier alpha value is -2.57. The molecule has 2 amide bonds. The number of aliphatic imine (C=N–C) groups is 1. The Morgan fingerprint density at radius 1 is 1.14 bits per heavy atom. The molecule has 1 aromatic carbocycles. The lowest BCUT2D eigenvalue weighted by Gasteiger charge is -2.32. The van der Waals surface area contributed by atoms with Crippen molar-refractivity contribution < 1.29 is 9.59 Å². The lowest BCUT2D eigenvalue weighted by atomic mass is 9.90. The molecular weight excluding hydrogens is 354 g/mol. The molecule has 0 aromatic heterocycles. The predicted octanol–water partition coefficient (Wildman–Crippen LogP) is 1.11. The highest BCUT2D eigenvalue weighted by Crippen LogP contribution is 2.21. The van der Waals surface area contributed by atoms with Crippen molar-refractivity contribution in [3.05, 3.63) is 35.9 Å². The zero-order valence-corrected chi connectivity index (χ0v) is 17.3. The molecule has 1 saturated heterocycles. The van der Waals surface area contributed by atoms with Crippen LogP contribution in [0.1, 0.15) is 25.3 Å². The van der Waals surface area contributed by atoms with Gasteiger partial charge in [-0.3, -0.25) is 9.59 Å². The van der Waals surface area contributed by atoms with Gasteiger partial charge in [-0.15, -0.1) is 0 Å². The molecule has 0 bridgehead atoms. The standard InChI is InChI=1S/C21H33N5O2/c1-4-22-21(23-15-19(27)25(2)3)24-16-20(28)26-12-10-18(11-13-26)14-17-8-6-5-7-9-17/h5-9,18H,4,10-16H2,1-3H3,(H2,22,23,24). The molecule has 0 spiro atoms. The Labute approximate surface area is 168 Å². The molecule has 0 atom stereocenters. The van der Waals surface area contributed by atoms with E-state index in [9.17, 15) is 9.59 Å². The second-order valence-electron chi connectivity index (χ2n) is 7.35. The molecule has 0 aliphatic carbocycles. The number of hydrogen-bond donors (Lipinski definition) is 2. The van der Waals surface area contributed by atoms with Crippen LogP contribution in [-0.2, 0) is 16.0 Å². The summed E-state index contributed by atoms with van der Waals surface area (Å²) in [7, 11) is 3.41. The van der Waals surface area contributed by atoms with Crippen LogP contribution in [0.15, 0.2) is 35.3 Å². The number of amides is 2. The monoisotopic (exact) mass is 387 g/mol. The molecule has 2 N–H and O–H groups in total. The molecule has 154 valence electrons. The van der Waals surface area contributed by atoms with Crippen LogP contribution in [-0.4, -0.2) is 74.4 Å². The van der Waals surface area contributed by atoms with Gasteiger partial charge in [0.25, 0.3) is 0 Å². The topological polar surface area (TPSA) is 77.0 Å². The van der Waals surface area contributed by atoms with Gasteiger partial charge in [0.1, 0.15) is 6.54 Å². The number of likely N-dealkylation sites (tertiary alicyclic amines) is 1. The van der Waals surface area contributed by atoms with E-state index in [4.69, 9.17) is 0 Å². The number of carbonyl (C=O) groups excluding carboxylic acids is 2. The first kappa shape index (κ1) is 21.7. The largest absolute Gasteiger partial charge is 0.357 e. The third-order valence-electron chi connectivity index (χ3n) is 4.96. The maximum Gasteiger partial charge on any atom is 0.244 e. The molecule has 1 heterocycles. The fourth-order valence-corrected chi connectivity index (χ4v) is 3.24. The maximum atomic E-state index is 12.5. The summed E-state index contributed by atoms with van der Waals surface area (Å²) in [5.74, 6) is 1.11. The van der Waals surface area contributed by atoms with E-state index < -0.39 is 0 Å². The molecule has 1 aliphatic rings. The third-order valence-corrected chi connectivity index (χ3v) is 4.96. The van der Waals surface area contributed by atoms with Gasteiger partial charge >= 0.3 is 0 Å². The first-order chi connectivity index (χ1) is 13.5. The number of piperidine rings is 1. The molecule has 0 radical (unpaired) electrons. The molecule has 0 unspecified atom stereocenters. The minimum atomic E-state index is -0.0441. The van der Waals surface area contributed by atoms with Crippen molar-refractivity contribution in [2.75, 3.05) is 46.8 Å². The van der Waals surface area contributed by atoms with Gasteiger partial charge in [0.15, 0.2) is 5.96 Å². The third kappa shape index (κ3) is 7.21. The number of carbonyl (C=O) groups is 2. The summed E-state index contributed by atoms with van der Waals surface area (Å²) in [4.78, 5) is 32.0. The summed E-state index contributed by atoms with van der Waals surface area (Å²) < 4.78 is 0. The molecule has 28 heavy (non-hydrogen) atoms. The number of hydrogen-bond acceptors (Lipinski definition) is 3. The Morgan fingerprint density at radius 3 is 2.43 bits per heavy atom. The van der Waals surface area contributed by atoms with Gasteiger partial charge in [0.2, 0.25) is 11.8 Å². The van der Waals surface area contributed by atoms with E-state index in [0.717, 1.165) is 32.4 Å². The lowest BCUT2D eigenvalue weighted by molar-refractivity contribution is -0.131. The van der Waals surface area contributed by atoms with Gasteiger partial charge in [0.05, 0.1) is 6.54 Å². The minimum Gasteiger partial charge on any atom is -0.357 e. The van der Waals surface area contributed by atoms with Crippen LogP contribution in [0.5, 0.6) is 0 Å². The van der Waals surface area contributed by atoms with Crippen LogP contribution in [0.2, 0.25) is 0 Å². The summed E-state index contributed by atoms with van der Waals surface area (Å²) in [6.45, 7) is 4.43. The van der Waals surface area contributed by atoms with Gasteiger partial charge < -0.3 is 20.4 Å². The van der Waals surface area contributed by atoms with Gasteiger partial charge in [-0.05, 0) is 37.7 Å². The maximum absolute atomic E-state index is 12.5. The molecule has 7 heteroatoms. The highest BCUT2D eigenvalue weighted by atomic mass is 16.2. The second kappa shape index (κ2) is 11.3. The number of guanidine groups is 1. The van der Waals surface area contributed by atoms with Gasteiger partial charge in [-0.1, -0.05) is 30.3 Å². The Bertz CT molecular complexity index is 652. The summed E-state index contributed by atoms with van der Waals surface area (Å²) >= 11 is 0. The quantitative estimate of drug-likeness (QED) is 0.543. The van der Waals surface area contributed by atoms with Gasteiger partial charge in [-0.2, -0.15) is 0 Å². The summed E-state index contributed by atoms with van der Waals surface area (Å²) in [6, 6.07) is 10.5. The average molecular weight is 388 g/mol. The Balaban J connectivity index is 1.78. The summed E-state index contributed by atoms with van der Waals surface area (Å²) in [5, 5.41) is 6.04. The Kier molecular flexibility index (Phi) is 8.78. The van der Waals surface area contributed by atoms with Crippen LogP contribution >= 0.6 is 0 Å². The van der Waals surface area contributed by atoms with Crippen molar-refractivity contribution in [2.45, 2.75) is 26.2 Å². The number of benzene rings is 1. The SMILES string of the molecule is CCNC(=NCC(=O)N1CCC(Cc2ccccc2)CC1)NCC(=O)N(C)C. The number of rotatable bonds is 7. The van der Waals surface area contributed by atoms with Crippen LogP contribution in [0.4, 0.5) is 0 Å². The first-order valence-corrected chi connectivity index (χ1v) is 10.0.